The van der Waals surface area contributed by atoms with E-state index in [1.165, 1.54) is 24.0 Å². The molecule has 0 bridgehead atoms. The number of aliphatic imine (C=N–C) groups is 1. The maximum atomic E-state index is 6.09. The largest absolute Gasteiger partial charge is 0.493 e. The first-order chi connectivity index (χ1) is 9.71. The van der Waals surface area contributed by atoms with Gasteiger partial charge in [-0.05, 0) is 42.5 Å². The summed E-state index contributed by atoms with van der Waals surface area (Å²) in [7, 11) is 3.33. The highest BCUT2D eigenvalue weighted by Gasteiger charge is 2.24. The van der Waals surface area contributed by atoms with Crippen molar-refractivity contribution in [1.82, 2.24) is 4.90 Å². The van der Waals surface area contributed by atoms with E-state index < -0.39 is 0 Å². The lowest BCUT2D eigenvalue weighted by molar-refractivity contribution is 0.347. The van der Waals surface area contributed by atoms with Crippen molar-refractivity contribution in [3.63, 3.8) is 0 Å². The molecule has 0 unspecified atom stereocenters. The highest BCUT2D eigenvalue weighted by molar-refractivity contribution is 5.78. The van der Waals surface area contributed by atoms with Crippen molar-refractivity contribution >= 4 is 5.96 Å². The lowest BCUT2D eigenvalue weighted by Crippen LogP contribution is -2.41. The van der Waals surface area contributed by atoms with Crippen molar-refractivity contribution in [1.29, 1.82) is 0 Å². The van der Waals surface area contributed by atoms with Gasteiger partial charge < -0.3 is 20.1 Å². The Labute approximate surface area is 119 Å². The second-order valence-corrected chi connectivity index (χ2v) is 5.37. The molecule has 1 aromatic carbocycles. The SMILES string of the molecule is COc1cc2c(cc1OC)CN(C(N)=NC1CC1)CC2. The lowest BCUT2D eigenvalue weighted by Gasteiger charge is -2.30. The van der Waals surface area contributed by atoms with Gasteiger partial charge >= 0.3 is 0 Å². The number of nitrogens with zero attached hydrogens (tertiary/aromatic N) is 2. The van der Waals surface area contributed by atoms with Crippen LogP contribution in [0.5, 0.6) is 11.5 Å². The van der Waals surface area contributed by atoms with Crippen LogP contribution in [0.4, 0.5) is 0 Å². The van der Waals surface area contributed by atoms with E-state index in [-0.39, 0.29) is 0 Å². The second kappa shape index (κ2) is 5.23. The Kier molecular flexibility index (Phi) is 3.42. The summed E-state index contributed by atoms with van der Waals surface area (Å²) in [6.45, 7) is 1.70. The summed E-state index contributed by atoms with van der Waals surface area (Å²) in [6, 6.07) is 4.58. The van der Waals surface area contributed by atoms with Crippen molar-refractivity contribution in [2.45, 2.75) is 31.8 Å². The van der Waals surface area contributed by atoms with Crippen LogP contribution in [0.15, 0.2) is 17.1 Å². The molecule has 2 aliphatic rings. The molecule has 5 heteroatoms. The van der Waals surface area contributed by atoms with Gasteiger partial charge in [0.2, 0.25) is 0 Å². The number of guanidine groups is 1. The Morgan fingerprint density at radius 3 is 2.45 bits per heavy atom. The van der Waals surface area contributed by atoms with Crippen molar-refractivity contribution in [3.05, 3.63) is 23.3 Å². The Balaban J connectivity index is 1.83. The summed E-state index contributed by atoms with van der Waals surface area (Å²) < 4.78 is 10.7. The first kappa shape index (κ1) is 13.1. The molecule has 108 valence electrons. The molecular weight excluding hydrogens is 254 g/mol. The van der Waals surface area contributed by atoms with Crippen LogP contribution in [-0.2, 0) is 13.0 Å². The minimum Gasteiger partial charge on any atom is -0.493 e. The van der Waals surface area contributed by atoms with Crippen molar-refractivity contribution < 1.29 is 9.47 Å². The molecule has 1 aromatic rings. The monoisotopic (exact) mass is 275 g/mol. The maximum Gasteiger partial charge on any atom is 0.191 e. The van der Waals surface area contributed by atoms with Gasteiger partial charge in [-0.15, -0.1) is 0 Å². The molecule has 0 aromatic heterocycles. The molecule has 5 nitrogen and oxygen atoms in total. The third-order valence-corrected chi connectivity index (χ3v) is 3.90. The van der Waals surface area contributed by atoms with E-state index in [1.807, 2.05) is 6.07 Å². The molecule has 3 rings (SSSR count). The molecule has 2 N–H and O–H groups in total. The molecule has 1 saturated carbocycles. The summed E-state index contributed by atoms with van der Waals surface area (Å²) in [5, 5.41) is 0. The lowest BCUT2D eigenvalue weighted by atomic mass is 9.99. The van der Waals surface area contributed by atoms with Gasteiger partial charge in [-0.1, -0.05) is 0 Å². The summed E-state index contributed by atoms with van der Waals surface area (Å²) >= 11 is 0. The van der Waals surface area contributed by atoms with Gasteiger partial charge in [0.1, 0.15) is 0 Å². The van der Waals surface area contributed by atoms with E-state index >= 15 is 0 Å². The molecule has 20 heavy (non-hydrogen) atoms. The summed E-state index contributed by atoms with van der Waals surface area (Å²) in [6.07, 6.45) is 3.31. The zero-order valence-corrected chi connectivity index (χ0v) is 12.1. The number of fused-ring (bicyclic) bond motifs is 1. The van der Waals surface area contributed by atoms with Gasteiger partial charge in [0.05, 0.1) is 20.3 Å². The van der Waals surface area contributed by atoms with Gasteiger partial charge in [-0.3, -0.25) is 0 Å². The Bertz CT molecular complexity index is 538. The Morgan fingerprint density at radius 1 is 1.20 bits per heavy atom. The average Bonchev–Trinajstić information content (AvgIpc) is 3.28. The maximum absolute atomic E-state index is 6.09. The summed E-state index contributed by atoms with van der Waals surface area (Å²) in [5.41, 5.74) is 8.64. The summed E-state index contributed by atoms with van der Waals surface area (Å²) in [5.74, 6) is 2.23. The Morgan fingerprint density at radius 2 is 1.85 bits per heavy atom. The van der Waals surface area contributed by atoms with Crippen LogP contribution in [0, 0.1) is 0 Å². The highest BCUT2D eigenvalue weighted by atomic mass is 16.5. The van der Waals surface area contributed by atoms with Crippen molar-refractivity contribution in [2.75, 3.05) is 20.8 Å². The minimum atomic E-state index is 0.460. The van der Waals surface area contributed by atoms with Gasteiger partial charge in [0.15, 0.2) is 17.5 Å². The molecule has 0 spiro atoms. The average molecular weight is 275 g/mol. The zero-order chi connectivity index (χ0) is 14.1. The molecular formula is C15H21N3O2. The molecule has 0 amide bonds. The molecule has 1 heterocycles. The third-order valence-electron chi connectivity index (χ3n) is 3.90. The van der Waals surface area contributed by atoms with Crippen LogP contribution in [-0.4, -0.2) is 37.7 Å². The van der Waals surface area contributed by atoms with Gasteiger partial charge in [-0.2, -0.15) is 0 Å². The molecule has 0 saturated heterocycles. The molecule has 1 fully saturated rings. The van der Waals surface area contributed by atoms with E-state index in [0.29, 0.717) is 12.0 Å². The predicted molar refractivity (Wildman–Crippen MR) is 78.3 cm³/mol. The number of hydrogen-bond acceptors (Lipinski definition) is 3. The van der Waals surface area contributed by atoms with Crippen LogP contribution in [0.2, 0.25) is 0 Å². The van der Waals surface area contributed by atoms with Crippen molar-refractivity contribution in [3.8, 4) is 11.5 Å². The van der Waals surface area contributed by atoms with E-state index in [0.717, 1.165) is 31.0 Å². The first-order valence-electron chi connectivity index (χ1n) is 7.03. The number of benzene rings is 1. The minimum absolute atomic E-state index is 0.460. The zero-order valence-electron chi connectivity index (χ0n) is 12.1. The Hall–Kier alpha value is -1.91. The second-order valence-electron chi connectivity index (χ2n) is 5.37. The van der Waals surface area contributed by atoms with Crippen LogP contribution >= 0.6 is 0 Å². The number of hydrogen-bond donors (Lipinski definition) is 1. The fraction of sp³-hybridized carbons (Fsp3) is 0.533. The van der Waals surface area contributed by atoms with Gasteiger partial charge in [0.25, 0.3) is 0 Å². The summed E-state index contributed by atoms with van der Waals surface area (Å²) in [4.78, 5) is 6.67. The molecule has 0 atom stereocenters. The number of rotatable bonds is 3. The fourth-order valence-corrected chi connectivity index (χ4v) is 2.55. The predicted octanol–water partition coefficient (Wildman–Crippen LogP) is 1.54. The standard InChI is InChI=1S/C15H21N3O2/c1-19-13-7-10-5-6-18(15(16)17-12-3-4-12)9-11(10)8-14(13)20-2/h7-8,12H,3-6,9H2,1-2H3,(H2,16,17). The first-order valence-corrected chi connectivity index (χ1v) is 7.03. The molecule has 0 radical (unpaired) electrons. The number of ether oxygens (including phenoxy) is 2. The third kappa shape index (κ3) is 2.53. The molecule has 1 aliphatic carbocycles. The number of nitrogens with two attached hydrogens (primary N) is 1. The number of methoxy groups -OCH3 is 2. The highest BCUT2D eigenvalue weighted by Crippen LogP contribution is 2.33. The van der Waals surface area contributed by atoms with E-state index in [2.05, 4.69) is 16.0 Å². The quantitative estimate of drug-likeness (QED) is 0.671. The van der Waals surface area contributed by atoms with Gasteiger partial charge in [0, 0.05) is 13.1 Å². The molecule has 1 aliphatic heterocycles. The van der Waals surface area contributed by atoms with Crippen LogP contribution in [0.3, 0.4) is 0 Å². The normalized spacial score (nSPS) is 18.7. The van der Waals surface area contributed by atoms with Crippen LogP contribution < -0.4 is 15.2 Å². The van der Waals surface area contributed by atoms with Crippen LogP contribution in [0.25, 0.3) is 0 Å². The van der Waals surface area contributed by atoms with E-state index in [9.17, 15) is 0 Å². The smallest absolute Gasteiger partial charge is 0.191 e. The topological polar surface area (TPSA) is 60.1 Å². The van der Waals surface area contributed by atoms with Gasteiger partial charge in [-0.25, -0.2) is 4.99 Å². The van der Waals surface area contributed by atoms with E-state index in [1.54, 1.807) is 14.2 Å². The fourth-order valence-electron chi connectivity index (χ4n) is 2.55. The van der Waals surface area contributed by atoms with Crippen molar-refractivity contribution in [2.24, 2.45) is 10.7 Å². The van der Waals surface area contributed by atoms with E-state index in [4.69, 9.17) is 15.2 Å². The van der Waals surface area contributed by atoms with Crippen LogP contribution in [0.1, 0.15) is 24.0 Å².